The van der Waals surface area contributed by atoms with Crippen molar-refractivity contribution in [3.63, 3.8) is 0 Å². The molecule has 0 atom stereocenters. The maximum absolute atomic E-state index is 12.0. The van der Waals surface area contributed by atoms with Crippen molar-refractivity contribution in [3.8, 4) is 0 Å². The Kier molecular flexibility index (Phi) is 4.81. The topological polar surface area (TPSA) is 41.6 Å². The number of nitrogens with zero attached hydrogens (tertiary/aromatic N) is 1. The predicted octanol–water partition coefficient (Wildman–Crippen LogP) is 3.68. The van der Waals surface area contributed by atoms with Gasteiger partial charge in [0.25, 0.3) is 0 Å². The first kappa shape index (κ1) is 16.8. The summed E-state index contributed by atoms with van der Waals surface area (Å²) in [7, 11) is 0. The molecular formula is C18H28N2O2. The van der Waals surface area contributed by atoms with Gasteiger partial charge < -0.3 is 15.0 Å². The second-order valence-electron chi connectivity index (χ2n) is 7.85. The van der Waals surface area contributed by atoms with Gasteiger partial charge in [0.2, 0.25) is 5.91 Å². The van der Waals surface area contributed by atoms with Crippen LogP contribution in [0.4, 0.5) is 11.4 Å². The summed E-state index contributed by atoms with van der Waals surface area (Å²) in [6, 6.07) is 8.09. The van der Waals surface area contributed by atoms with E-state index < -0.39 is 0 Å². The minimum absolute atomic E-state index is 0.00183. The first-order valence-electron chi connectivity index (χ1n) is 7.93. The van der Waals surface area contributed by atoms with Crippen molar-refractivity contribution >= 4 is 17.3 Å². The lowest BCUT2D eigenvalue weighted by atomic mass is 9.92. The maximum atomic E-state index is 12.0. The van der Waals surface area contributed by atoms with Crippen LogP contribution in [0.5, 0.6) is 0 Å². The molecule has 4 heteroatoms. The molecule has 1 aromatic carbocycles. The maximum Gasteiger partial charge on any atom is 0.224 e. The highest BCUT2D eigenvalue weighted by Gasteiger charge is 2.30. The third-order valence-electron chi connectivity index (χ3n) is 3.80. The molecule has 4 nitrogen and oxygen atoms in total. The molecule has 1 aliphatic rings. The first-order chi connectivity index (χ1) is 10.2. The Bertz CT molecular complexity index is 515. The van der Waals surface area contributed by atoms with E-state index in [9.17, 15) is 4.79 Å². The van der Waals surface area contributed by atoms with Crippen LogP contribution in [0.3, 0.4) is 0 Å². The molecule has 1 saturated heterocycles. The molecule has 1 heterocycles. The molecule has 1 aromatic rings. The molecule has 1 fully saturated rings. The average molecular weight is 304 g/mol. The van der Waals surface area contributed by atoms with Crippen LogP contribution in [0.15, 0.2) is 24.3 Å². The van der Waals surface area contributed by atoms with Crippen molar-refractivity contribution < 1.29 is 9.53 Å². The zero-order valence-electron chi connectivity index (χ0n) is 14.4. The van der Waals surface area contributed by atoms with E-state index in [0.717, 1.165) is 25.4 Å². The summed E-state index contributed by atoms with van der Waals surface area (Å²) in [5, 5.41) is 2.97. The van der Waals surface area contributed by atoms with Gasteiger partial charge >= 0.3 is 0 Å². The SMILES string of the molecule is CC(C)(C)CC(=O)Nc1ccc(N2CCOCC2(C)C)cc1. The molecule has 0 saturated carbocycles. The molecule has 122 valence electrons. The molecule has 1 aliphatic heterocycles. The highest BCUT2D eigenvalue weighted by molar-refractivity contribution is 5.91. The van der Waals surface area contributed by atoms with E-state index >= 15 is 0 Å². The van der Waals surface area contributed by atoms with Crippen LogP contribution in [-0.2, 0) is 9.53 Å². The fourth-order valence-electron chi connectivity index (χ4n) is 2.75. The van der Waals surface area contributed by atoms with Crippen LogP contribution in [0.25, 0.3) is 0 Å². The van der Waals surface area contributed by atoms with Crippen LogP contribution in [0, 0.1) is 5.41 Å². The van der Waals surface area contributed by atoms with E-state index in [2.05, 4.69) is 57.0 Å². The molecule has 0 bridgehead atoms. The first-order valence-corrected chi connectivity index (χ1v) is 7.93. The summed E-state index contributed by atoms with van der Waals surface area (Å²) < 4.78 is 5.56. The van der Waals surface area contributed by atoms with Gasteiger partial charge in [-0.25, -0.2) is 0 Å². The predicted molar refractivity (Wildman–Crippen MR) is 91.4 cm³/mol. The summed E-state index contributed by atoms with van der Waals surface area (Å²) in [5.74, 6) is 0.0620. The molecule has 1 N–H and O–H groups in total. The van der Waals surface area contributed by atoms with Gasteiger partial charge in [-0.3, -0.25) is 4.79 Å². The van der Waals surface area contributed by atoms with Gasteiger partial charge in [0.05, 0.1) is 18.8 Å². The van der Waals surface area contributed by atoms with E-state index in [1.165, 1.54) is 5.69 Å². The Balaban J connectivity index is 2.03. The lowest BCUT2D eigenvalue weighted by molar-refractivity contribution is -0.117. The van der Waals surface area contributed by atoms with Crippen LogP contribution >= 0.6 is 0 Å². The number of hydrogen-bond donors (Lipinski definition) is 1. The number of amides is 1. The zero-order chi connectivity index (χ0) is 16.4. The van der Waals surface area contributed by atoms with Crippen molar-refractivity contribution in [2.24, 2.45) is 5.41 Å². The Labute approximate surface area is 133 Å². The zero-order valence-corrected chi connectivity index (χ0v) is 14.4. The van der Waals surface area contributed by atoms with E-state index in [0.29, 0.717) is 6.42 Å². The molecule has 0 unspecified atom stereocenters. The molecule has 22 heavy (non-hydrogen) atoms. The fraction of sp³-hybridized carbons (Fsp3) is 0.611. The van der Waals surface area contributed by atoms with Gasteiger partial charge in [-0.05, 0) is 43.5 Å². The van der Waals surface area contributed by atoms with Crippen LogP contribution in [0.2, 0.25) is 0 Å². The number of anilines is 2. The number of nitrogens with one attached hydrogen (secondary N) is 1. The lowest BCUT2D eigenvalue weighted by Gasteiger charge is -2.43. The normalized spacial score (nSPS) is 18.1. The Morgan fingerprint density at radius 2 is 1.91 bits per heavy atom. The molecule has 0 aromatic heterocycles. The third kappa shape index (κ3) is 4.47. The third-order valence-corrected chi connectivity index (χ3v) is 3.80. The Morgan fingerprint density at radius 3 is 2.45 bits per heavy atom. The molecule has 0 radical (unpaired) electrons. The van der Waals surface area contributed by atoms with Gasteiger partial charge in [-0.15, -0.1) is 0 Å². The van der Waals surface area contributed by atoms with E-state index in [-0.39, 0.29) is 16.9 Å². The standard InChI is InChI=1S/C18H28N2O2/c1-17(2,3)12-16(21)19-14-6-8-15(9-7-14)20-10-11-22-13-18(20,4)5/h6-9H,10-13H2,1-5H3,(H,19,21). The van der Waals surface area contributed by atoms with E-state index in [1.54, 1.807) is 0 Å². The van der Waals surface area contributed by atoms with Gasteiger partial charge in [0.15, 0.2) is 0 Å². The number of ether oxygens (including phenoxy) is 1. The summed E-state index contributed by atoms with van der Waals surface area (Å²) in [6.45, 7) is 13.0. The van der Waals surface area contributed by atoms with Crippen LogP contribution in [0.1, 0.15) is 41.0 Å². The van der Waals surface area contributed by atoms with Crippen molar-refractivity contribution in [1.82, 2.24) is 0 Å². The van der Waals surface area contributed by atoms with Crippen LogP contribution < -0.4 is 10.2 Å². The van der Waals surface area contributed by atoms with E-state index in [4.69, 9.17) is 4.74 Å². The molecular weight excluding hydrogens is 276 g/mol. The number of carbonyl (C=O) groups is 1. The average Bonchev–Trinajstić information content (AvgIpc) is 2.37. The number of rotatable bonds is 3. The van der Waals surface area contributed by atoms with Gasteiger partial charge in [0.1, 0.15) is 0 Å². The summed E-state index contributed by atoms with van der Waals surface area (Å²) >= 11 is 0. The largest absolute Gasteiger partial charge is 0.377 e. The van der Waals surface area contributed by atoms with Crippen LogP contribution in [-0.4, -0.2) is 31.2 Å². The number of benzene rings is 1. The summed E-state index contributed by atoms with van der Waals surface area (Å²) in [5.41, 5.74) is 2.02. The second-order valence-corrected chi connectivity index (χ2v) is 7.85. The van der Waals surface area contributed by atoms with Crippen molar-refractivity contribution in [2.45, 2.75) is 46.6 Å². The Hall–Kier alpha value is -1.55. The smallest absolute Gasteiger partial charge is 0.224 e. The van der Waals surface area contributed by atoms with Gasteiger partial charge in [-0.2, -0.15) is 0 Å². The quantitative estimate of drug-likeness (QED) is 0.926. The number of hydrogen-bond acceptors (Lipinski definition) is 3. The number of morpholine rings is 1. The monoisotopic (exact) mass is 304 g/mol. The van der Waals surface area contributed by atoms with Crippen molar-refractivity contribution in [2.75, 3.05) is 30.0 Å². The molecule has 1 amide bonds. The highest BCUT2D eigenvalue weighted by atomic mass is 16.5. The van der Waals surface area contributed by atoms with Gasteiger partial charge in [0, 0.05) is 24.3 Å². The molecule has 0 aliphatic carbocycles. The summed E-state index contributed by atoms with van der Waals surface area (Å²) in [6.07, 6.45) is 0.519. The molecule has 2 rings (SSSR count). The van der Waals surface area contributed by atoms with Crippen molar-refractivity contribution in [1.29, 1.82) is 0 Å². The minimum atomic E-state index is -0.00471. The van der Waals surface area contributed by atoms with Gasteiger partial charge in [-0.1, -0.05) is 20.8 Å². The highest BCUT2D eigenvalue weighted by Crippen LogP contribution is 2.28. The molecule has 0 spiro atoms. The minimum Gasteiger partial charge on any atom is -0.377 e. The fourth-order valence-corrected chi connectivity index (χ4v) is 2.75. The second kappa shape index (κ2) is 6.29. The van der Waals surface area contributed by atoms with Crippen molar-refractivity contribution in [3.05, 3.63) is 24.3 Å². The summed E-state index contributed by atoms with van der Waals surface area (Å²) in [4.78, 5) is 14.3. The number of carbonyl (C=O) groups excluding carboxylic acids is 1. The van der Waals surface area contributed by atoms with E-state index in [1.807, 2.05) is 12.1 Å². The lowest BCUT2D eigenvalue weighted by Crippen LogP contribution is -2.53. The Morgan fingerprint density at radius 1 is 1.27 bits per heavy atom.